The molecule has 0 N–H and O–H groups in total. The summed E-state index contributed by atoms with van der Waals surface area (Å²) in [7, 11) is 0. The second-order valence-electron chi connectivity index (χ2n) is 5.92. The van der Waals surface area contributed by atoms with Crippen LogP contribution in [-0.4, -0.2) is 12.6 Å². The minimum atomic E-state index is -0.597. The van der Waals surface area contributed by atoms with Crippen LogP contribution in [0.1, 0.15) is 35.6 Å². The number of hydrogen-bond acceptors (Lipinski definition) is 2. The number of aryl methyl sites for hydroxylation is 3. The monoisotopic (exact) mass is 332 g/mol. The van der Waals surface area contributed by atoms with Gasteiger partial charge in [-0.3, -0.25) is 4.79 Å². The van der Waals surface area contributed by atoms with Gasteiger partial charge in [-0.1, -0.05) is 18.2 Å². The molecule has 4 heteroatoms. The van der Waals surface area contributed by atoms with E-state index in [2.05, 4.69) is 0 Å². The third kappa shape index (κ3) is 3.64. The lowest BCUT2D eigenvalue weighted by atomic mass is 9.91. The van der Waals surface area contributed by atoms with Gasteiger partial charge in [0, 0.05) is 17.5 Å². The lowest BCUT2D eigenvalue weighted by Crippen LogP contribution is -2.09. The van der Waals surface area contributed by atoms with E-state index in [0.717, 1.165) is 16.7 Å². The highest BCUT2D eigenvalue weighted by molar-refractivity contribution is 5.73. The molecule has 0 radical (unpaired) electrons. The second-order valence-corrected chi connectivity index (χ2v) is 5.92. The molecule has 128 valence electrons. The number of esters is 1. The molecule has 0 saturated heterocycles. The maximum atomic E-state index is 15.0. The van der Waals surface area contributed by atoms with E-state index in [1.165, 1.54) is 6.07 Å². The number of hydrogen-bond donors (Lipinski definition) is 0. The zero-order valence-corrected chi connectivity index (χ0v) is 14.5. The Morgan fingerprint density at radius 2 is 1.67 bits per heavy atom. The molecule has 2 nitrogen and oxygen atoms in total. The smallest absolute Gasteiger partial charge is 0.306 e. The van der Waals surface area contributed by atoms with Crippen molar-refractivity contribution in [2.45, 2.75) is 40.5 Å². The van der Waals surface area contributed by atoms with Crippen molar-refractivity contribution in [3.8, 4) is 11.1 Å². The topological polar surface area (TPSA) is 26.3 Å². The van der Waals surface area contributed by atoms with E-state index < -0.39 is 17.6 Å². The zero-order chi connectivity index (χ0) is 17.9. The van der Waals surface area contributed by atoms with Crippen LogP contribution in [-0.2, 0) is 16.0 Å². The van der Waals surface area contributed by atoms with Gasteiger partial charge in [0.05, 0.1) is 6.61 Å². The van der Waals surface area contributed by atoms with Gasteiger partial charge >= 0.3 is 5.97 Å². The highest BCUT2D eigenvalue weighted by atomic mass is 19.1. The Morgan fingerprint density at radius 3 is 2.25 bits per heavy atom. The summed E-state index contributed by atoms with van der Waals surface area (Å²) in [5.74, 6) is -1.64. The molecule has 0 heterocycles. The van der Waals surface area contributed by atoms with Crippen LogP contribution in [0.4, 0.5) is 8.78 Å². The summed E-state index contributed by atoms with van der Waals surface area (Å²) in [6.45, 7) is 7.37. The maximum absolute atomic E-state index is 15.0. The Kier molecular flexibility index (Phi) is 5.71. The molecular weight excluding hydrogens is 310 g/mol. The number of ether oxygens (including phenoxy) is 1. The molecule has 2 aromatic rings. The lowest BCUT2D eigenvalue weighted by molar-refractivity contribution is -0.143. The van der Waals surface area contributed by atoms with Gasteiger partial charge < -0.3 is 4.74 Å². The van der Waals surface area contributed by atoms with E-state index in [9.17, 15) is 9.18 Å². The fourth-order valence-electron chi connectivity index (χ4n) is 2.94. The quantitative estimate of drug-likeness (QED) is 0.716. The van der Waals surface area contributed by atoms with Gasteiger partial charge in [-0.05, 0) is 62.4 Å². The molecule has 0 bridgehead atoms. The molecule has 0 amide bonds. The number of benzene rings is 2. The Balaban J connectivity index is 2.50. The van der Waals surface area contributed by atoms with Gasteiger partial charge in [-0.15, -0.1) is 0 Å². The van der Waals surface area contributed by atoms with Gasteiger partial charge in [-0.2, -0.15) is 0 Å². The largest absolute Gasteiger partial charge is 0.466 e. The first-order chi connectivity index (χ1) is 11.4. The van der Waals surface area contributed by atoms with Crippen LogP contribution in [0.5, 0.6) is 0 Å². The fourth-order valence-corrected chi connectivity index (χ4v) is 2.94. The second kappa shape index (κ2) is 7.56. The van der Waals surface area contributed by atoms with E-state index in [0.29, 0.717) is 11.1 Å². The minimum absolute atomic E-state index is 0.0177. The van der Waals surface area contributed by atoms with Gasteiger partial charge in [0.1, 0.15) is 11.6 Å². The number of halogens is 2. The van der Waals surface area contributed by atoms with Crippen LogP contribution in [0.15, 0.2) is 24.3 Å². The molecular formula is C20H22F2O2. The van der Waals surface area contributed by atoms with Crippen molar-refractivity contribution in [1.29, 1.82) is 0 Å². The van der Waals surface area contributed by atoms with Crippen LogP contribution in [0, 0.1) is 32.4 Å². The Labute approximate surface area is 141 Å². The zero-order valence-electron chi connectivity index (χ0n) is 14.5. The molecule has 0 aliphatic heterocycles. The maximum Gasteiger partial charge on any atom is 0.306 e. The summed E-state index contributed by atoms with van der Waals surface area (Å²) < 4.78 is 34.2. The van der Waals surface area contributed by atoms with Crippen molar-refractivity contribution in [3.63, 3.8) is 0 Å². The molecule has 0 saturated carbocycles. The van der Waals surface area contributed by atoms with E-state index in [4.69, 9.17) is 4.74 Å². The van der Waals surface area contributed by atoms with E-state index >= 15 is 4.39 Å². The van der Waals surface area contributed by atoms with Crippen molar-refractivity contribution in [2.24, 2.45) is 0 Å². The standard InChI is InChI=1S/C20H22F2O2/c1-5-24-17(23)10-9-15-19(21)14(4)11-16(20(15)22)18-12(2)7-6-8-13(18)3/h6-8,11H,5,9-10H2,1-4H3. The Hall–Kier alpha value is -2.23. The van der Waals surface area contributed by atoms with Crippen molar-refractivity contribution < 1.29 is 18.3 Å². The van der Waals surface area contributed by atoms with Gasteiger partial charge in [0.2, 0.25) is 0 Å². The van der Waals surface area contributed by atoms with Crippen molar-refractivity contribution in [3.05, 3.63) is 58.2 Å². The number of carbonyl (C=O) groups is 1. The molecule has 0 atom stereocenters. The summed E-state index contributed by atoms with van der Waals surface area (Å²) in [4.78, 5) is 11.5. The van der Waals surface area contributed by atoms with Crippen LogP contribution in [0.3, 0.4) is 0 Å². The summed E-state index contributed by atoms with van der Waals surface area (Å²) >= 11 is 0. The van der Waals surface area contributed by atoms with Crippen molar-refractivity contribution in [1.82, 2.24) is 0 Å². The first-order valence-electron chi connectivity index (χ1n) is 8.06. The van der Waals surface area contributed by atoms with E-state index in [1.54, 1.807) is 13.8 Å². The Morgan fingerprint density at radius 1 is 1.04 bits per heavy atom. The normalized spacial score (nSPS) is 10.8. The molecule has 2 rings (SSSR count). The molecule has 2 aromatic carbocycles. The molecule has 0 fully saturated rings. The number of rotatable bonds is 5. The fraction of sp³-hybridized carbons (Fsp3) is 0.350. The molecule has 0 unspecified atom stereocenters. The predicted octanol–water partition coefficient (Wildman–Crippen LogP) is 5.05. The summed E-state index contributed by atoms with van der Waals surface area (Å²) in [6.07, 6.45) is -0.0621. The van der Waals surface area contributed by atoms with E-state index in [-0.39, 0.29) is 25.0 Å². The lowest BCUT2D eigenvalue weighted by Gasteiger charge is -2.16. The highest BCUT2D eigenvalue weighted by Crippen LogP contribution is 2.33. The summed E-state index contributed by atoms with van der Waals surface area (Å²) in [5, 5.41) is 0. The van der Waals surface area contributed by atoms with E-state index in [1.807, 2.05) is 32.0 Å². The van der Waals surface area contributed by atoms with Gasteiger partial charge in [-0.25, -0.2) is 8.78 Å². The summed E-state index contributed by atoms with van der Waals surface area (Å²) in [6, 6.07) is 7.25. The van der Waals surface area contributed by atoms with Crippen LogP contribution < -0.4 is 0 Å². The van der Waals surface area contributed by atoms with Gasteiger partial charge in [0.25, 0.3) is 0 Å². The highest BCUT2D eigenvalue weighted by Gasteiger charge is 2.20. The number of carbonyl (C=O) groups excluding carboxylic acids is 1. The molecule has 0 aliphatic carbocycles. The van der Waals surface area contributed by atoms with Crippen LogP contribution >= 0.6 is 0 Å². The predicted molar refractivity (Wildman–Crippen MR) is 91.0 cm³/mol. The molecule has 0 aliphatic rings. The van der Waals surface area contributed by atoms with Crippen molar-refractivity contribution >= 4 is 5.97 Å². The SMILES string of the molecule is CCOC(=O)CCc1c(F)c(C)cc(-c2c(C)cccc2C)c1F. The van der Waals surface area contributed by atoms with Crippen LogP contribution in [0.25, 0.3) is 11.1 Å². The average molecular weight is 332 g/mol. The van der Waals surface area contributed by atoms with Crippen molar-refractivity contribution in [2.75, 3.05) is 6.61 Å². The third-order valence-electron chi connectivity index (χ3n) is 4.11. The Bertz CT molecular complexity index is 746. The first kappa shape index (κ1) is 18.1. The minimum Gasteiger partial charge on any atom is -0.466 e. The summed E-state index contributed by atoms with van der Waals surface area (Å²) in [5.41, 5.74) is 3.32. The molecule has 0 aromatic heterocycles. The first-order valence-corrected chi connectivity index (χ1v) is 8.06. The average Bonchev–Trinajstić information content (AvgIpc) is 2.52. The van der Waals surface area contributed by atoms with Crippen LogP contribution in [0.2, 0.25) is 0 Å². The molecule has 0 spiro atoms. The van der Waals surface area contributed by atoms with Gasteiger partial charge in [0.15, 0.2) is 0 Å². The third-order valence-corrected chi connectivity index (χ3v) is 4.11. The molecule has 24 heavy (non-hydrogen) atoms.